The first-order valence-corrected chi connectivity index (χ1v) is 7.10. The molecule has 0 spiro atoms. The first-order valence-electron chi connectivity index (χ1n) is 6.22. The molecule has 0 aliphatic carbocycles. The smallest absolute Gasteiger partial charge is 0.0703 e. The molecule has 0 aromatic carbocycles. The van der Waals surface area contributed by atoms with Crippen molar-refractivity contribution in [3.8, 4) is 0 Å². The quantitative estimate of drug-likeness (QED) is 0.895. The zero-order chi connectivity index (χ0) is 12.4. The van der Waals surface area contributed by atoms with E-state index in [4.69, 9.17) is 10.5 Å². The van der Waals surface area contributed by atoms with Gasteiger partial charge in [-0.15, -0.1) is 11.3 Å². The van der Waals surface area contributed by atoms with Crippen LogP contribution in [-0.2, 0) is 4.74 Å². The zero-order valence-electron chi connectivity index (χ0n) is 10.8. The SMILES string of the molecule is Cc1ccsc1C(CN)N(C)C1CCOC1C. The Kier molecular flexibility index (Phi) is 4.20. The van der Waals surface area contributed by atoms with Crippen LogP contribution in [0, 0.1) is 6.92 Å². The Balaban J connectivity index is 2.15. The average molecular weight is 254 g/mol. The Morgan fingerprint density at radius 2 is 2.41 bits per heavy atom. The number of hydrogen-bond acceptors (Lipinski definition) is 4. The van der Waals surface area contributed by atoms with Gasteiger partial charge in [0.1, 0.15) is 0 Å². The van der Waals surface area contributed by atoms with Crippen LogP contribution in [0.5, 0.6) is 0 Å². The minimum Gasteiger partial charge on any atom is -0.377 e. The van der Waals surface area contributed by atoms with Crippen molar-refractivity contribution in [1.82, 2.24) is 4.90 Å². The summed E-state index contributed by atoms with van der Waals surface area (Å²) in [6.07, 6.45) is 1.42. The van der Waals surface area contributed by atoms with Gasteiger partial charge in [0.2, 0.25) is 0 Å². The summed E-state index contributed by atoms with van der Waals surface area (Å²) in [5.41, 5.74) is 7.32. The predicted molar refractivity (Wildman–Crippen MR) is 72.4 cm³/mol. The molecule has 1 saturated heterocycles. The molecule has 3 unspecified atom stereocenters. The minimum atomic E-state index is 0.314. The Morgan fingerprint density at radius 1 is 1.65 bits per heavy atom. The number of rotatable bonds is 4. The lowest BCUT2D eigenvalue weighted by atomic mass is 10.1. The number of thiophene rings is 1. The van der Waals surface area contributed by atoms with Crippen molar-refractivity contribution < 1.29 is 4.74 Å². The topological polar surface area (TPSA) is 38.5 Å². The average Bonchev–Trinajstić information content (AvgIpc) is 2.89. The van der Waals surface area contributed by atoms with Crippen LogP contribution in [0.4, 0.5) is 0 Å². The third-order valence-electron chi connectivity index (χ3n) is 3.78. The normalized spacial score (nSPS) is 26.6. The number of likely N-dealkylation sites (N-methyl/N-ethyl adjacent to an activating group) is 1. The van der Waals surface area contributed by atoms with Crippen molar-refractivity contribution in [3.05, 3.63) is 21.9 Å². The van der Waals surface area contributed by atoms with E-state index in [-0.39, 0.29) is 0 Å². The Labute approximate surface area is 108 Å². The van der Waals surface area contributed by atoms with Crippen molar-refractivity contribution in [3.63, 3.8) is 0 Å². The molecule has 1 aliphatic heterocycles. The summed E-state index contributed by atoms with van der Waals surface area (Å²) in [6, 6.07) is 2.99. The van der Waals surface area contributed by atoms with Gasteiger partial charge in [-0.1, -0.05) is 0 Å². The lowest BCUT2D eigenvalue weighted by molar-refractivity contribution is 0.0691. The van der Waals surface area contributed by atoms with Gasteiger partial charge in [0.15, 0.2) is 0 Å². The van der Waals surface area contributed by atoms with Crippen LogP contribution in [0.25, 0.3) is 0 Å². The maximum atomic E-state index is 5.97. The van der Waals surface area contributed by atoms with E-state index in [1.807, 2.05) is 11.3 Å². The molecule has 96 valence electrons. The monoisotopic (exact) mass is 254 g/mol. The first kappa shape index (κ1) is 13.0. The van der Waals surface area contributed by atoms with E-state index < -0.39 is 0 Å². The second-order valence-electron chi connectivity index (χ2n) is 4.82. The lowest BCUT2D eigenvalue weighted by Gasteiger charge is -2.33. The second kappa shape index (κ2) is 5.48. The van der Waals surface area contributed by atoms with E-state index in [0.717, 1.165) is 13.0 Å². The van der Waals surface area contributed by atoms with Crippen LogP contribution in [-0.4, -0.2) is 37.2 Å². The molecule has 1 aliphatic rings. The Morgan fingerprint density at radius 3 is 2.88 bits per heavy atom. The second-order valence-corrected chi connectivity index (χ2v) is 5.76. The highest BCUT2D eigenvalue weighted by atomic mass is 32.1. The highest BCUT2D eigenvalue weighted by molar-refractivity contribution is 7.10. The molecule has 3 nitrogen and oxygen atoms in total. The number of nitrogens with two attached hydrogens (primary N) is 1. The summed E-state index contributed by atoms with van der Waals surface area (Å²) in [5, 5.41) is 2.15. The maximum absolute atomic E-state index is 5.97. The molecular formula is C13H22N2OS. The van der Waals surface area contributed by atoms with Crippen LogP contribution < -0.4 is 5.73 Å². The van der Waals surface area contributed by atoms with Gasteiger partial charge in [0.05, 0.1) is 12.1 Å². The summed E-state index contributed by atoms with van der Waals surface area (Å²) in [4.78, 5) is 3.80. The molecule has 0 radical (unpaired) electrons. The van der Waals surface area contributed by atoms with Crippen molar-refractivity contribution in [2.45, 2.75) is 38.5 Å². The van der Waals surface area contributed by atoms with Gasteiger partial charge >= 0.3 is 0 Å². The van der Waals surface area contributed by atoms with Crippen molar-refractivity contribution >= 4 is 11.3 Å². The molecule has 1 fully saturated rings. The fraction of sp³-hybridized carbons (Fsp3) is 0.692. The molecule has 1 aromatic heterocycles. The predicted octanol–water partition coefficient (Wildman–Crippen LogP) is 2.17. The fourth-order valence-electron chi connectivity index (χ4n) is 2.67. The van der Waals surface area contributed by atoms with Crippen LogP contribution in [0.1, 0.15) is 29.8 Å². The van der Waals surface area contributed by atoms with Crippen LogP contribution in [0.2, 0.25) is 0 Å². The maximum Gasteiger partial charge on any atom is 0.0703 e. The van der Waals surface area contributed by atoms with E-state index in [2.05, 4.69) is 37.2 Å². The van der Waals surface area contributed by atoms with E-state index in [9.17, 15) is 0 Å². The van der Waals surface area contributed by atoms with Gasteiger partial charge in [-0.05, 0) is 44.3 Å². The first-order chi connectivity index (χ1) is 8.15. The zero-order valence-corrected chi connectivity index (χ0v) is 11.7. The van der Waals surface area contributed by atoms with Gasteiger partial charge < -0.3 is 10.5 Å². The van der Waals surface area contributed by atoms with E-state index in [1.165, 1.54) is 10.4 Å². The van der Waals surface area contributed by atoms with Gasteiger partial charge in [0.25, 0.3) is 0 Å². The molecular weight excluding hydrogens is 232 g/mol. The van der Waals surface area contributed by atoms with E-state index in [1.54, 1.807) is 0 Å². The van der Waals surface area contributed by atoms with Crippen molar-refractivity contribution in [2.75, 3.05) is 20.2 Å². The van der Waals surface area contributed by atoms with Crippen molar-refractivity contribution in [2.24, 2.45) is 5.73 Å². The Bertz CT molecular complexity index is 366. The van der Waals surface area contributed by atoms with Crippen LogP contribution >= 0.6 is 11.3 Å². The van der Waals surface area contributed by atoms with Crippen LogP contribution in [0.3, 0.4) is 0 Å². The molecule has 0 saturated carbocycles. The van der Waals surface area contributed by atoms with Gasteiger partial charge in [-0.25, -0.2) is 0 Å². The number of nitrogens with zero attached hydrogens (tertiary/aromatic N) is 1. The third kappa shape index (κ3) is 2.55. The fourth-order valence-corrected chi connectivity index (χ4v) is 3.76. The van der Waals surface area contributed by atoms with Crippen molar-refractivity contribution in [1.29, 1.82) is 0 Å². The van der Waals surface area contributed by atoms with E-state index >= 15 is 0 Å². The molecule has 3 atom stereocenters. The summed E-state index contributed by atoms with van der Waals surface area (Å²) in [7, 11) is 2.17. The highest BCUT2D eigenvalue weighted by Gasteiger charge is 2.32. The molecule has 2 rings (SSSR count). The minimum absolute atomic E-state index is 0.314. The van der Waals surface area contributed by atoms with Gasteiger partial charge in [-0.2, -0.15) is 0 Å². The highest BCUT2D eigenvalue weighted by Crippen LogP contribution is 2.31. The molecule has 0 amide bonds. The van der Waals surface area contributed by atoms with Gasteiger partial charge in [-0.3, -0.25) is 4.90 Å². The van der Waals surface area contributed by atoms with Crippen LogP contribution in [0.15, 0.2) is 11.4 Å². The molecule has 17 heavy (non-hydrogen) atoms. The summed E-state index contributed by atoms with van der Waals surface area (Å²) in [6.45, 7) is 5.86. The number of hydrogen-bond donors (Lipinski definition) is 1. The Hall–Kier alpha value is -0.420. The standard InChI is InChI=1S/C13H22N2OS/c1-9-5-7-17-13(9)12(8-14)15(3)11-4-6-16-10(11)2/h5,7,10-12H,4,6,8,14H2,1-3H3. The number of aryl methyl sites for hydroxylation is 1. The largest absolute Gasteiger partial charge is 0.377 e. The summed E-state index contributed by atoms with van der Waals surface area (Å²) >= 11 is 1.81. The summed E-state index contributed by atoms with van der Waals surface area (Å²) in [5.74, 6) is 0. The summed E-state index contributed by atoms with van der Waals surface area (Å²) < 4.78 is 5.65. The molecule has 4 heteroatoms. The molecule has 0 bridgehead atoms. The molecule has 2 N–H and O–H groups in total. The third-order valence-corrected chi connectivity index (χ3v) is 4.90. The van der Waals surface area contributed by atoms with E-state index in [0.29, 0.717) is 24.7 Å². The molecule has 1 aromatic rings. The molecule has 2 heterocycles. The number of ether oxygens (including phenoxy) is 1. The van der Waals surface area contributed by atoms with Gasteiger partial charge in [0, 0.05) is 24.1 Å². The lowest BCUT2D eigenvalue weighted by Crippen LogP contribution is -2.41.